The molecule has 0 amide bonds. The van der Waals surface area contributed by atoms with E-state index >= 15 is 0 Å². The largest absolute Gasteiger partial charge is 0.497 e. The van der Waals surface area contributed by atoms with Gasteiger partial charge in [0.1, 0.15) is 11.8 Å². The molecule has 200 valence electrons. The van der Waals surface area contributed by atoms with Gasteiger partial charge in [-0.05, 0) is 97.7 Å². The zero-order chi connectivity index (χ0) is 26.9. The van der Waals surface area contributed by atoms with Crippen LogP contribution in [0.3, 0.4) is 0 Å². The van der Waals surface area contributed by atoms with E-state index in [1.54, 1.807) is 7.11 Å². The number of methoxy groups -OCH3 is 1. The average Bonchev–Trinajstić information content (AvgIpc) is 3.58. The molecule has 2 aromatic heterocycles. The summed E-state index contributed by atoms with van der Waals surface area (Å²) in [6, 6.07) is 24.3. The summed E-state index contributed by atoms with van der Waals surface area (Å²) < 4.78 is 7.58. The summed E-state index contributed by atoms with van der Waals surface area (Å²) in [7, 11) is 1.68. The van der Waals surface area contributed by atoms with E-state index < -0.39 is 0 Å². The molecule has 2 aliphatic heterocycles. The van der Waals surface area contributed by atoms with Gasteiger partial charge in [0.25, 0.3) is 0 Å². The first-order chi connectivity index (χ1) is 19.0. The highest BCUT2D eigenvalue weighted by atomic mass is 35.5. The van der Waals surface area contributed by atoms with Crippen LogP contribution >= 0.6 is 23.8 Å². The molecule has 39 heavy (non-hydrogen) atoms. The van der Waals surface area contributed by atoms with Gasteiger partial charge in [-0.1, -0.05) is 24.6 Å². The van der Waals surface area contributed by atoms with Crippen molar-refractivity contribution in [3.63, 3.8) is 0 Å². The van der Waals surface area contributed by atoms with Crippen molar-refractivity contribution >= 4 is 40.3 Å². The lowest BCUT2D eigenvalue weighted by molar-refractivity contribution is 0.414. The van der Waals surface area contributed by atoms with Gasteiger partial charge in [0, 0.05) is 42.6 Å². The van der Waals surface area contributed by atoms with Crippen LogP contribution in [0.4, 0.5) is 11.4 Å². The van der Waals surface area contributed by atoms with Crippen molar-refractivity contribution in [2.45, 2.75) is 31.8 Å². The van der Waals surface area contributed by atoms with E-state index in [0.717, 1.165) is 58.2 Å². The highest BCUT2D eigenvalue weighted by molar-refractivity contribution is 7.80. The summed E-state index contributed by atoms with van der Waals surface area (Å²) in [5, 5.41) is 4.96. The predicted molar refractivity (Wildman–Crippen MR) is 162 cm³/mol. The molecule has 6 nitrogen and oxygen atoms in total. The van der Waals surface area contributed by atoms with Gasteiger partial charge in [-0.2, -0.15) is 0 Å². The number of aromatic nitrogens is 2. The second kappa shape index (κ2) is 10.9. The van der Waals surface area contributed by atoms with Crippen molar-refractivity contribution in [2.75, 3.05) is 30.0 Å². The predicted octanol–water partition coefficient (Wildman–Crippen LogP) is 6.95. The van der Waals surface area contributed by atoms with Gasteiger partial charge in [0.2, 0.25) is 0 Å². The maximum atomic E-state index is 6.95. The van der Waals surface area contributed by atoms with E-state index in [0.29, 0.717) is 5.11 Å². The molecule has 0 aliphatic carbocycles. The van der Waals surface area contributed by atoms with Gasteiger partial charge >= 0.3 is 0 Å². The molecule has 4 aromatic rings. The Morgan fingerprint density at radius 3 is 2.44 bits per heavy atom. The molecule has 6 rings (SSSR count). The van der Waals surface area contributed by atoms with Crippen LogP contribution in [0, 0.1) is 5.92 Å². The maximum absolute atomic E-state index is 6.95. The number of rotatable bonds is 6. The van der Waals surface area contributed by atoms with E-state index in [9.17, 15) is 0 Å². The standard InChI is InChI=1S/C31H32ClN5OS/c1-21-14-18-35(19-15-21)27-13-10-23(20-25(27)32)37-30(29(34-31(37)39)26-6-3-4-16-33-26)28-7-5-17-36(28)22-8-11-24(38-2)12-9-22/h3-13,16-17,20-21,29-30H,14-15,18-19H2,1-2H3,(H,34,39)/t29-,30-/m0/s1. The molecule has 0 bridgehead atoms. The van der Waals surface area contributed by atoms with Crippen LogP contribution < -0.4 is 19.9 Å². The number of nitrogens with one attached hydrogen (secondary N) is 1. The van der Waals surface area contributed by atoms with E-state index in [1.807, 2.05) is 36.5 Å². The Hall–Kier alpha value is -3.55. The molecule has 0 spiro atoms. The Morgan fingerprint density at radius 1 is 0.974 bits per heavy atom. The third kappa shape index (κ3) is 4.97. The average molecular weight is 558 g/mol. The quantitative estimate of drug-likeness (QED) is 0.259. The summed E-state index contributed by atoms with van der Waals surface area (Å²) in [5.41, 5.74) is 5.11. The Morgan fingerprint density at radius 2 is 1.74 bits per heavy atom. The van der Waals surface area contributed by atoms with Crippen LogP contribution in [0.15, 0.2) is 85.2 Å². The SMILES string of the molecule is COc1ccc(-n2cccc2[C@H]2[C@H](c3ccccn3)NC(=S)N2c2ccc(N3CCC(C)CC3)c(Cl)c2)cc1. The maximum Gasteiger partial charge on any atom is 0.174 e. The Balaban J connectivity index is 1.41. The van der Waals surface area contributed by atoms with Crippen molar-refractivity contribution in [3.8, 4) is 11.4 Å². The Kier molecular flexibility index (Phi) is 7.19. The zero-order valence-electron chi connectivity index (χ0n) is 22.1. The zero-order valence-corrected chi connectivity index (χ0v) is 23.7. The summed E-state index contributed by atoms with van der Waals surface area (Å²) in [4.78, 5) is 9.28. The molecule has 0 unspecified atom stereocenters. The number of halogens is 1. The number of benzene rings is 2. The highest BCUT2D eigenvalue weighted by Gasteiger charge is 2.42. The lowest BCUT2D eigenvalue weighted by atomic mass is 9.98. The molecule has 2 aromatic carbocycles. The Labute approximate surface area is 240 Å². The van der Waals surface area contributed by atoms with Crippen LogP contribution in [0.25, 0.3) is 5.69 Å². The third-order valence-corrected chi connectivity index (χ3v) is 8.48. The van der Waals surface area contributed by atoms with Crippen molar-refractivity contribution in [2.24, 2.45) is 5.92 Å². The van der Waals surface area contributed by atoms with E-state index in [4.69, 9.17) is 33.5 Å². The number of ether oxygens (including phenoxy) is 1. The monoisotopic (exact) mass is 557 g/mol. The van der Waals surface area contributed by atoms with Crippen molar-refractivity contribution in [3.05, 3.63) is 102 Å². The minimum atomic E-state index is -0.151. The number of hydrogen-bond acceptors (Lipinski definition) is 4. The second-order valence-corrected chi connectivity index (χ2v) is 11.1. The molecule has 1 N–H and O–H groups in total. The van der Waals surface area contributed by atoms with Crippen LogP contribution in [0.5, 0.6) is 5.75 Å². The van der Waals surface area contributed by atoms with Gasteiger partial charge in [0.05, 0.1) is 29.6 Å². The molecule has 0 radical (unpaired) electrons. The lowest BCUT2D eigenvalue weighted by Gasteiger charge is -2.33. The van der Waals surface area contributed by atoms with Crippen LogP contribution in [0.1, 0.15) is 43.2 Å². The number of hydrogen-bond donors (Lipinski definition) is 1. The first kappa shape index (κ1) is 25.7. The minimum absolute atomic E-state index is 0.146. The first-order valence-electron chi connectivity index (χ1n) is 13.4. The summed E-state index contributed by atoms with van der Waals surface area (Å²) >= 11 is 12.9. The molecule has 2 atom stereocenters. The van der Waals surface area contributed by atoms with Crippen molar-refractivity contribution in [1.29, 1.82) is 0 Å². The highest BCUT2D eigenvalue weighted by Crippen LogP contribution is 2.44. The Bertz CT molecular complexity index is 1450. The molecule has 2 saturated heterocycles. The van der Waals surface area contributed by atoms with Crippen LogP contribution in [-0.4, -0.2) is 34.9 Å². The van der Waals surface area contributed by atoms with Gasteiger partial charge in [0.15, 0.2) is 5.11 Å². The lowest BCUT2D eigenvalue weighted by Crippen LogP contribution is -2.33. The van der Waals surface area contributed by atoms with Crippen molar-refractivity contribution < 1.29 is 4.74 Å². The third-order valence-electron chi connectivity index (χ3n) is 7.87. The van der Waals surface area contributed by atoms with Crippen LogP contribution in [-0.2, 0) is 0 Å². The van der Waals surface area contributed by atoms with E-state index in [-0.39, 0.29) is 12.1 Å². The number of thiocarbonyl (C=S) groups is 1. The molecule has 8 heteroatoms. The first-order valence-corrected chi connectivity index (χ1v) is 14.2. The molecule has 2 aliphatic rings. The molecule has 4 heterocycles. The normalized spacial score (nSPS) is 19.8. The molecular weight excluding hydrogens is 526 g/mol. The van der Waals surface area contributed by atoms with E-state index in [1.165, 1.54) is 12.8 Å². The fraction of sp³-hybridized carbons (Fsp3) is 0.290. The van der Waals surface area contributed by atoms with E-state index in [2.05, 4.69) is 75.3 Å². The fourth-order valence-electron chi connectivity index (χ4n) is 5.70. The second-order valence-electron chi connectivity index (χ2n) is 10.3. The summed E-state index contributed by atoms with van der Waals surface area (Å²) in [5.74, 6) is 1.58. The number of nitrogens with zero attached hydrogens (tertiary/aromatic N) is 4. The van der Waals surface area contributed by atoms with Gasteiger partial charge in [-0.3, -0.25) is 4.98 Å². The fourth-order valence-corrected chi connectivity index (χ4v) is 6.34. The number of piperidine rings is 1. The van der Waals surface area contributed by atoms with Gasteiger partial charge in [-0.25, -0.2) is 0 Å². The smallest absolute Gasteiger partial charge is 0.174 e. The van der Waals surface area contributed by atoms with Gasteiger partial charge in [-0.15, -0.1) is 0 Å². The van der Waals surface area contributed by atoms with Crippen LogP contribution in [0.2, 0.25) is 5.02 Å². The number of anilines is 2. The summed E-state index contributed by atoms with van der Waals surface area (Å²) in [6.45, 7) is 4.39. The van der Waals surface area contributed by atoms with Crippen molar-refractivity contribution in [1.82, 2.24) is 14.9 Å². The summed E-state index contributed by atoms with van der Waals surface area (Å²) in [6.07, 6.45) is 6.29. The molecule has 0 saturated carbocycles. The topological polar surface area (TPSA) is 45.6 Å². The minimum Gasteiger partial charge on any atom is -0.497 e. The number of pyridine rings is 1. The molecular formula is C31H32ClN5OS. The van der Waals surface area contributed by atoms with Gasteiger partial charge < -0.3 is 24.4 Å². The molecule has 2 fully saturated rings.